The van der Waals surface area contributed by atoms with Crippen molar-refractivity contribution in [3.8, 4) is 5.75 Å². The largest absolute Gasteiger partial charge is 0.491 e. The van der Waals surface area contributed by atoms with Crippen LogP contribution in [0.1, 0.15) is 5.56 Å². The van der Waals surface area contributed by atoms with Crippen molar-refractivity contribution < 1.29 is 9.47 Å². The summed E-state index contributed by atoms with van der Waals surface area (Å²) < 4.78 is 12.5. The molecule has 4 heteroatoms. The van der Waals surface area contributed by atoms with Crippen LogP contribution in [0.15, 0.2) is 54.6 Å². The first-order valence-corrected chi connectivity index (χ1v) is 8.50. The number of hydrogen-bond donors (Lipinski definition) is 0. The van der Waals surface area contributed by atoms with Crippen LogP contribution in [0.2, 0.25) is 0 Å². The molecule has 0 bridgehead atoms. The number of nitrogens with zero attached hydrogens (tertiary/aromatic N) is 1. The average molecular weight is 411 g/mol. The zero-order valence-electron chi connectivity index (χ0n) is 12.9. The Balaban J connectivity index is 1.53. The molecule has 0 atom stereocenters. The summed E-state index contributed by atoms with van der Waals surface area (Å²) >= 11 is 2.28. The lowest BCUT2D eigenvalue weighted by Gasteiger charge is -2.16. The summed E-state index contributed by atoms with van der Waals surface area (Å²) in [5, 5.41) is 0. The molecule has 0 fully saturated rings. The molecule has 0 heterocycles. The molecule has 0 aliphatic rings. The number of likely N-dealkylation sites (N-methyl/N-ethyl adjacent to an activating group) is 1. The van der Waals surface area contributed by atoms with Gasteiger partial charge in [0.25, 0.3) is 0 Å². The fourth-order valence-corrected chi connectivity index (χ4v) is 2.41. The highest BCUT2D eigenvalue weighted by molar-refractivity contribution is 14.1. The Labute approximate surface area is 146 Å². The Morgan fingerprint density at radius 3 is 2.36 bits per heavy atom. The summed E-state index contributed by atoms with van der Waals surface area (Å²) in [4.78, 5) is 2.26. The molecule has 0 amide bonds. The van der Waals surface area contributed by atoms with Gasteiger partial charge in [0.1, 0.15) is 12.4 Å². The molecule has 0 saturated carbocycles. The minimum atomic E-state index is 0.586. The number of halogens is 1. The van der Waals surface area contributed by atoms with Gasteiger partial charge in [0.2, 0.25) is 0 Å². The predicted octanol–water partition coefficient (Wildman–Crippen LogP) is 3.82. The van der Waals surface area contributed by atoms with E-state index in [1.807, 2.05) is 30.3 Å². The van der Waals surface area contributed by atoms with E-state index in [0.29, 0.717) is 13.2 Å². The zero-order chi connectivity index (χ0) is 15.6. The van der Waals surface area contributed by atoms with Crippen molar-refractivity contribution >= 4 is 22.6 Å². The van der Waals surface area contributed by atoms with Gasteiger partial charge < -0.3 is 9.47 Å². The van der Waals surface area contributed by atoms with Crippen molar-refractivity contribution in [3.05, 3.63) is 63.7 Å². The fourth-order valence-electron chi connectivity index (χ4n) is 2.05. The molecule has 0 aromatic heterocycles. The molecule has 0 saturated heterocycles. The Kier molecular flexibility index (Phi) is 7.70. The normalized spacial score (nSPS) is 10.9. The van der Waals surface area contributed by atoms with E-state index in [2.05, 4.69) is 58.8 Å². The molecule has 0 aliphatic heterocycles. The van der Waals surface area contributed by atoms with Crippen LogP contribution in [-0.2, 0) is 11.3 Å². The van der Waals surface area contributed by atoms with Crippen molar-refractivity contribution in [1.29, 1.82) is 0 Å². The van der Waals surface area contributed by atoms with Gasteiger partial charge in [-0.3, -0.25) is 4.90 Å². The second-order valence-corrected chi connectivity index (χ2v) is 6.38. The van der Waals surface area contributed by atoms with Gasteiger partial charge in [0, 0.05) is 16.7 Å². The summed E-state index contributed by atoms with van der Waals surface area (Å²) in [6, 6.07) is 18.5. The molecular weight excluding hydrogens is 389 g/mol. The zero-order valence-corrected chi connectivity index (χ0v) is 15.0. The van der Waals surface area contributed by atoms with Crippen LogP contribution in [0.5, 0.6) is 5.75 Å². The molecule has 2 aromatic rings. The van der Waals surface area contributed by atoms with Crippen LogP contribution >= 0.6 is 22.6 Å². The molecule has 22 heavy (non-hydrogen) atoms. The van der Waals surface area contributed by atoms with Gasteiger partial charge in [-0.2, -0.15) is 0 Å². The van der Waals surface area contributed by atoms with Gasteiger partial charge in [-0.05, 0) is 59.5 Å². The van der Waals surface area contributed by atoms with E-state index in [0.717, 1.165) is 25.4 Å². The summed E-state index contributed by atoms with van der Waals surface area (Å²) in [5.74, 6) is 0.894. The third-order valence-corrected chi connectivity index (χ3v) is 3.94. The third kappa shape index (κ3) is 6.77. The minimum absolute atomic E-state index is 0.586. The maximum absolute atomic E-state index is 5.62. The second kappa shape index (κ2) is 9.82. The molecule has 118 valence electrons. The lowest BCUT2D eigenvalue weighted by Crippen LogP contribution is -2.23. The monoisotopic (exact) mass is 411 g/mol. The molecule has 0 N–H and O–H groups in total. The standard InChI is InChI=1S/C18H22INO2/c1-20(15-16-5-3-2-4-6-16)11-12-21-13-14-22-18-9-7-17(19)8-10-18/h2-10H,11-15H2,1H3. The molecule has 2 aromatic carbocycles. The molecule has 2 rings (SSSR count). The quantitative estimate of drug-likeness (QED) is 0.463. The summed E-state index contributed by atoms with van der Waals surface area (Å²) in [7, 11) is 2.11. The first-order chi connectivity index (χ1) is 10.7. The molecule has 0 aliphatic carbocycles. The number of rotatable bonds is 9. The maximum Gasteiger partial charge on any atom is 0.119 e. The van der Waals surface area contributed by atoms with Crippen LogP contribution in [-0.4, -0.2) is 38.3 Å². The number of ether oxygens (including phenoxy) is 2. The van der Waals surface area contributed by atoms with Crippen LogP contribution in [0.25, 0.3) is 0 Å². The summed E-state index contributed by atoms with van der Waals surface area (Å²) in [6.45, 7) is 3.79. The van der Waals surface area contributed by atoms with Crippen molar-refractivity contribution in [2.24, 2.45) is 0 Å². The number of benzene rings is 2. The first-order valence-electron chi connectivity index (χ1n) is 7.42. The van der Waals surface area contributed by atoms with Crippen LogP contribution in [0.4, 0.5) is 0 Å². The molecule has 0 unspecified atom stereocenters. The Morgan fingerprint density at radius 1 is 0.909 bits per heavy atom. The van der Waals surface area contributed by atoms with Gasteiger partial charge in [-0.1, -0.05) is 30.3 Å². The lowest BCUT2D eigenvalue weighted by atomic mass is 10.2. The smallest absolute Gasteiger partial charge is 0.119 e. The van der Waals surface area contributed by atoms with Gasteiger partial charge >= 0.3 is 0 Å². The van der Waals surface area contributed by atoms with E-state index in [1.165, 1.54) is 9.13 Å². The lowest BCUT2D eigenvalue weighted by molar-refractivity contribution is 0.0837. The summed E-state index contributed by atoms with van der Waals surface area (Å²) in [6.07, 6.45) is 0. The van der Waals surface area contributed by atoms with Gasteiger partial charge in [0.15, 0.2) is 0 Å². The van der Waals surface area contributed by atoms with Crippen molar-refractivity contribution in [1.82, 2.24) is 4.90 Å². The highest BCUT2D eigenvalue weighted by Crippen LogP contribution is 2.13. The fraction of sp³-hybridized carbons (Fsp3) is 0.333. The highest BCUT2D eigenvalue weighted by atomic mass is 127. The van der Waals surface area contributed by atoms with Gasteiger partial charge in [0.05, 0.1) is 13.2 Å². The number of hydrogen-bond acceptors (Lipinski definition) is 3. The first kappa shape index (κ1) is 17.2. The third-order valence-electron chi connectivity index (χ3n) is 3.22. The van der Waals surface area contributed by atoms with Crippen molar-refractivity contribution in [2.75, 3.05) is 33.4 Å². The molecule has 0 radical (unpaired) electrons. The van der Waals surface area contributed by atoms with E-state index in [-0.39, 0.29) is 0 Å². The molecule has 3 nitrogen and oxygen atoms in total. The van der Waals surface area contributed by atoms with E-state index in [4.69, 9.17) is 9.47 Å². The van der Waals surface area contributed by atoms with E-state index in [9.17, 15) is 0 Å². The van der Waals surface area contributed by atoms with Crippen LogP contribution in [0, 0.1) is 3.57 Å². The molecule has 0 spiro atoms. The van der Waals surface area contributed by atoms with Crippen molar-refractivity contribution in [3.63, 3.8) is 0 Å². The predicted molar refractivity (Wildman–Crippen MR) is 98.2 cm³/mol. The Hall–Kier alpha value is -1.11. The van der Waals surface area contributed by atoms with Gasteiger partial charge in [-0.15, -0.1) is 0 Å². The average Bonchev–Trinajstić information content (AvgIpc) is 2.53. The minimum Gasteiger partial charge on any atom is -0.491 e. The van der Waals surface area contributed by atoms with Gasteiger partial charge in [-0.25, -0.2) is 0 Å². The van der Waals surface area contributed by atoms with E-state index >= 15 is 0 Å². The van der Waals surface area contributed by atoms with E-state index < -0.39 is 0 Å². The summed E-state index contributed by atoms with van der Waals surface area (Å²) in [5.41, 5.74) is 1.33. The Morgan fingerprint density at radius 2 is 1.64 bits per heavy atom. The Bertz CT molecular complexity index is 531. The van der Waals surface area contributed by atoms with Crippen LogP contribution < -0.4 is 4.74 Å². The highest BCUT2D eigenvalue weighted by Gasteiger charge is 2.00. The SMILES string of the molecule is CN(CCOCCOc1ccc(I)cc1)Cc1ccccc1. The molecular formula is C18H22INO2. The van der Waals surface area contributed by atoms with E-state index in [1.54, 1.807) is 0 Å². The maximum atomic E-state index is 5.62. The second-order valence-electron chi connectivity index (χ2n) is 5.14. The van der Waals surface area contributed by atoms with Crippen molar-refractivity contribution in [2.45, 2.75) is 6.54 Å². The van der Waals surface area contributed by atoms with Crippen LogP contribution in [0.3, 0.4) is 0 Å². The topological polar surface area (TPSA) is 21.7 Å².